The molecule has 0 saturated carbocycles. The van der Waals surface area contributed by atoms with Gasteiger partial charge in [0.15, 0.2) is 0 Å². The summed E-state index contributed by atoms with van der Waals surface area (Å²) < 4.78 is 0.912. The van der Waals surface area contributed by atoms with Gasteiger partial charge in [-0.05, 0) is 169 Å². The lowest BCUT2D eigenvalue weighted by Crippen LogP contribution is -2.41. The highest BCUT2D eigenvalue weighted by Crippen LogP contribution is 2.40. The lowest BCUT2D eigenvalue weighted by molar-refractivity contribution is 0.0807. The van der Waals surface area contributed by atoms with E-state index in [2.05, 4.69) is 142 Å². The summed E-state index contributed by atoms with van der Waals surface area (Å²) in [6.07, 6.45) is 10.1. The zero-order chi connectivity index (χ0) is 46.6. The van der Waals surface area contributed by atoms with E-state index in [-0.39, 0.29) is 17.4 Å². The second kappa shape index (κ2) is 20.0. The van der Waals surface area contributed by atoms with E-state index in [9.17, 15) is 4.79 Å². The summed E-state index contributed by atoms with van der Waals surface area (Å²) in [6, 6.07) is 20.5. The Morgan fingerprint density at radius 2 is 1.71 bits per heavy atom. The highest BCUT2D eigenvalue weighted by atomic mass is 32.1. The highest BCUT2D eigenvalue weighted by molar-refractivity contribution is 7.21. The van der Waals surface area contributed by atoms with Gasteiger partial charge in [-0.15, -0.1) is 16.8 Å². The van der Waals surface area contributed by atoms with E-state index in [1.807, 2.05) is 42.2 Å². The molecule has 2 aliphatic heterocycles. The van der Waals surface area contributed by atoms with Crippen LogP contribution in [0.25, 0.3) is 26.7 Å². The molecule has 0 fully saturated rings. The predicted octanol–water partition coefficient (Wildman–Crippen LogP) is 14.7. The maximum atomic E-state index is 14.3. The number of hydrogen-bond acceptors (Lipinski definition) is 8. The molecule has 340 valence electrons. The molecule has 10 heteroatoms. The molecule has 0 aliphatic carbocycles. The minimum atomic E-state index is -0.297. The van der Waals surface area contributed by atoms with Crippen molar-refractivity contribution < 1.29 is 4.79 Å². The van der Waals surface area contributed by atoms with Gasteiger partial charge in [0.2, 0.25) is 5.13 Å². The summed E-state index contributed by atoms with van der Waals surface area (Å²) in [6.45, 7) is 34.6. The van der Waals surface area contributed by atoms with Gasteiger partial charge in [0.05, 0.1) is 27.3 Å². The van der Waals surface area contributed by atoms with Crippen molar-refractivity contribution in [1.29, 1.82) is 0 Å². The number of aromatic amines is 1. The number of hydrogen-bond donors (Lipinski definition) is 2. The molecular formula is C55H68N8OS. The molecule has 2 aromatic heterocycles. The van der Waals surface area contributed by atoms with Crippen molar-refractivity contribution in [3.8, 4) is 0 Å². The van der Waals surface area contributed by atoms with Crippen LogP contribution >= 0.6 is 11.3 Å². The fraction of sp³-hybridized carbons (Fsp3) is 0.382. The van der Waals surface area contributed by atoms with Gasteiger partial charge < -0.3 is 25.0 Å². The second-order valence-corrected chi connectivity index (χ2v) is 20.1. The average molecular weight is 889 g/mol. The summed E-state index contributed by atoms with van der Waals surface area (Å²) in [7, 11) is 2.13. The van der Waals surface area contributed by atoms with Crippen molar-refractivity contribution in [1.82, 2.24) is 20.2 Å². The van der Waals surface area contributed by atoms with Gasteiger partial charge in [0.25, 0.3) is 5.91 Å². The number of azo groups is 1. The Bertz CT molecular complexity index is 2720. The molecule has 2 N–H and O–H groups in total. The standard InChI is InChI=1S/C55H68N8OS/c1-13-46(39(9)62-31-28-44-45-33-49(36(4)5)56-47(45)25-26-50(44)62)58-55(10,11)34-41-27-30-63(52(41)37(6)7)53(64)40-19-24-48-51(32-40)65-54(57-48)60-59-42-20-22-43(23-21-42)61(12)29-15-14-16-38(8)18-17-35(2)3/h13,19-26,32-33,37,56,58H,2,4,8-9,14-18,27-31,34H2,1,3,5-7,10-12H3/b46-13-,60-59?. The van der Waals surface area contributed by atoms with Crippen LogP contribution in [0.3, 0.4) is 0 Å². The number of benzene rings is 3. The Labute approximate surface area is 391 Å². The average Bonchev–Trinajstić information content (AvgIpc) is 4.09. The molecule has 5 aromatic rings. The van der Waals surface area contributed by atoms with Crippen LogP contribution in [0, 0.1) is 5.92 Å². The molecule has 0 spiro atoms. The number of rotatable bonds is 20. The van der Waals surface area contributed by atoms with Crippen LogP contribution in [0.2, 0.25) is 0 Å². The molecule has 7 rings (SSSR count). The first-order valence-corrected chi connectivity index (χ1v) is 24.0. The number of carbonyl (C=O) groups excluding carboxylic acids is 1. The van der Waals surface area contributed by atoms with E-state index < -0.39 is 0 Å². The van der Waals surface area contributed by atoms with Gasteiger partial charge in [0, 0.05) is 71.5 Å². The molecule has 0 saturated heterocycles. The largest absolute Gasteiger partial charge is 0.378 e. The van der Waals surface area contributed by atoms with Crippen LogP contribution in [0.15, 0.2) is 137 Å². The summed E-state index contributed by atoms with van der Waals surface area (Å²) in [5, 5.41) is 14.7. The fourth-order valence-corrected chi connectivity index (χ4v) is 10.1. The number of unbranched alkanes of at least 4 members (excludes halogenated alkanes) is 1. The Balaban J connectivity index is 0.967. The van der Waals surface area contributed by atoms with E-state index >= 15 is 0 Å². The zero-order valence-corrected chi connectivity index (χ0v) is 40.9. The minimum Gasteiger partial charge on any atom is -0.378 e. The van der Waals surface area contributed by atoms with E-state index in [0.717, 1.165) is 120 Å². The molecule has 9 nitrogen and oxygen atoms in total. The molecule has 4 heterocycles. The fourth-order valence-electron chi connectivity index (χ4n) is 9.30. The third-order valence-electron chi connectivity index (χ3n) is 12.7. The third kappa shape index (κ3) is 10.9. The lowest BCUT2D eigenvalue weighted by Gasteiger charge is -2.34. The Morgan fingerprint density at radius 1 is 0.954 bits per heavy atom. The van der Waals surface area contributed by atoms with Gasteiger partial charge in [-0.25, -0.2) is 4.98 Å². The van der Waals surface area contributed by atoms with E-state index in [1.165, 1.54) is 44.7 Å². The van der Waals surface area contributed by atoms with Gasteiger partial charge in [-0.3, -0.25) is 4.79 Å². The quantitative estimate of drug-likeness (QED) is 0.0351. The van der Waals surface area contributed by atoms with Crippen LogP contribution in [0.1, 0.15) is 115 Å². The first-order chi connectivity index (χ1) is 31.0. The summed E-state index contributed by atoms with van der Waals surface area (Å²) in [4.78, 5) is 29.2. The number of nitrogens with one attached hydrogen (secondary N) is 2. The zero-order valence-electron chi connectivity index (χ0n) is 40.0. The van der Waals surface area contributed by atoms with Crippen molar-refractivity contribution >= 4 is 66.1 Å². The van der Waals surface area contributed by atoms with Crippen LogP contribution in [0.4, 0.5) is 22.2 Å². The molecule has 3 aromatic carbocycles. The van der Waals surface area contributed by atoms with Crippen LogP contribution in [-0.2, 0) is 6.42 Å². The Morgan fingerprint density at radius 3 is 2.42 bits per heavy atom. The molecule has 0 bridgehead atoms. The number of nitrogens with zero attached hydrogens (tertiary/aromatic N) is 6. The number of amides is 1. The van der Waals surface area contributed by atoms with Gasteiger partial charge in [-0.1, -0.05) is 62.1 Å². The topological polar surface area (TPSA) is 92.2 Å². The van der Waals surface area contributed by atoms with Gasteiger partial charge in [0.1, 0.15) is 0 Å². The number of allylic oxidation sites excluding steroid dienone is 5. The smallest absolute Gasteiger partial charge is 0.258 e. The van der Waals surface area contributed by atoms with Crippen molar-refractivity contribution in [3.63, 3.8) is 0 Å². The second-order valence-electron chi connectivity index (χ2n) is 19.1. The Hall–Kier alpha value is -6.00. The van der Waals surface area contributed by atoms with Gasteiger partial charge in [-0.2, -0.15) is 0 Å². The van der Waals surface area contributed by atoms with Crippen molar-refractivity contribution in [2.75, 3.05) is 36.5 Å². The van der Waals surface area contributed by atoms with Crippen molar-refractivity contribution in [3.05, 3.63) is 144 Å². The molecule has 0 unspecified atom stereocenters. The third-order valence-corrected chi connectivity index (χ3v) is 13.6. The maximum Gasteiger partial charge on any atom is 0.258 e. The number of aromatic nitrogens is 2. The molecule has 0 radical (unpaired) electrons. The lowest BCUT2D eigenvalue weighted by atomic mass is 9.90. The van der Waals surface area contributed by atoms with E-state index in [0.29, 0.717) is 17.2 Å². The number of thiazole rings is 1. The van der Waals surface area contributed by atoms with E-state index in [1.54, 1.807) is 0 Å². The number of carbonyl (C=O) groups is 1. The monoisotopic (exact) mass is 889 g/mol. The van der Waals surface area contributed by atoms with Crippen molar-refractivity contribution in [2.24, 2.45) is 16.1 Å². The SMILES string of the molecule is C=C(C)CCC(=C)CCCCN(C)c1ccc(N=Nc2nc3ccc(C(=O)N4CCC(CC(C)(C)N/C(=C\C)C(=C)N5CCc6c5ccc5[nH]c(C(=C)C)cc65)=C4C(C)C)cc3s2)cc1. The van der Waals surface area contributed by atoms with Crippen LogP contribution in [-0.4, -0.2) is 53.0 Å². The van der Waals surface area contributed by atoms with Gasteiger partial charge >= 0.3 is 0 Å². The first-order valence-electron chi connectivity index (χ1n) is 23.2. The molecule has 2 aliphatic rings. The minimum absolute atomic E-state index is 0.0177. The summed E-state index contributed by atoms with van der Waals surface area (Å²) in [5.41, 5.74) is 15.8. The predicted molar refractivity (Wildman–Crippen MR) is 277 cm³/mol. The highest BCUT2D eigenvalue weighted by Gasteiger charge is 2.34. The maximum absolute atomic E-state index is 14.3. The number of fused-ring (bicyclic) bond motifs is 4. The van der Waals surface area contributed by atoms with Crippen molar-refractivity contribution in [2.45, 2.75) is 105 Å². The molecule has 65 heavy (non-hydrogen) atoms. The molecule has 0 atom stereocenters. The summed E-state index contributed by atoms with van der Waals surface area (Å²) in [5.74, 6) is 0.200. The molecule has 1 amide bonds. The van der Waals surface area contributed by atoms with E-state index in [4.69, 9.17) is 4.98 Å². The molecular weight excluding hydrogens is 821 g/mol. The number of H-pyrrole nitrogens is 1. The summed E-state index contributed by atoms with van der Waals surface area (Å²) >= 11 is 1.45. The Kier molecular flexibility index (Phi) is 14.5. The van der Waals surface area contributed by atoms with Crippen LogP contribution < -0.4 is 15.1 Å². The first kappa shape index (κ1) is 47.0. The normalized spacial score (nSPS) is 14.4. The number of anilines is 2. The van der Waals surface area contributed by atoms with Crippen LogP contribution in [0.5, 0.6) is 0 Å².